The van der Waals surface area contributed by atoms with Gasteiger partial charge in [0.25, 0.3) is 0 Å². The highest BCUT2D eigenvalue weighted by Crippen LogP contribution is 2.52. The van der Waals surface area contributed by atoms with E-state index in [9.17, 15) is 4.79 Å². The van der Waals surface area contributed by atoms with Gasteiger partial charge in [0.05, 0.1) is 6.10 Å². The van der Waals surface area contributed by atoms with E-state index >= 15 is 0 Å². The molecule has 0 N–H and O–H groups in total. The minimum atomic E-state index is -0.209. The molecule has 2 unspecified atom stereocenters. The maximum absolute atomic E-state index is 12.4. The third-order valence-electron chi connectivity index (χ3n) is 9.19. The molecule has 1 aromatic carbocycles. The molecular weight excluding hydrogens is 414 g/mol. The molecule has 1 spiro atoms. The summed E-state index contributed by atoms with van der Waals surface area (Å²) < 4.78 is 5.65. The maximum atomic E-state index is 12.4. The van der Waals surface area contributed by atoms with E-state index in [0.717, 1.165) is 62.9 Å². The zero-order valence-electron chi connectivity index (χ0n) is 19.9. The molecular formula is C28H39NO4. The Kier molecular flexibility index (Phi) is 6.12. The van der Waals surface area contributed by atoms with Gasteiger partial charge in [-0.25, -0.2) is 14.6 Å². The molecule has 6 aliphatic rings. The van der Waals surface area contributed by atoms with Crippen LogP contribution in [0.2, 0.25) is 0 Å². The molecule has 5 nitrogen and oxygen atoms in total. The van der Waals surface area contributed by atoms with Crippen molar-refractivity contribution < 1.29 is 19.3 Å². The molecule has 33 heavy (non-hydrogen) atoms. The van der Waals surface area contributed by atoms with E-state index in [0.29, 0.717) is 17.8 Å². The molecule has 1 amide bonds. The number of amides is 1. The van der Waals surface area contributed by atoms with Crippen LogP contribution in [0.15, 0.2) is 24.3 Å². The van der Waals surface area contributed by atoms with Crippen LogP contribution in [-0.4, -0.2) is 35.8 Å². The first-order chi connectivity index (χ1) is 16.1. The van der Waals surface area contributed by atoms with Crippen LogP contribution in [0, 0.1) is 17.8 Å². The van der Waals surface area contributed by atoms with E-state index < -0.39 is 0 Å². The van der Waals surface area contributed by atoms with Crippen molar-refractivity contribution in [1.82, 2.24) is 4.90 Å². The van der Waals surface area contributed by atoms with Gasteiger partial charge in [0.1, 0.15) is 11.4 Å². The lowest BCUT2D eigenvalue weighted by Gasteiger charge is -2.43. The quantitative estimate of drug-likeness (QED) is 0.473. The highest BCUT2D eigenvalue weighted by molar-refractivity contribution is 5.70. The van der Waals surface area contributed by atoms with E-state index in [1.54, 1.807) is 0 Å². The van der Waals surface area contributed by atoms with Gasteiger partial charge in [-0.2, -0.15) is 0 Å². The predicted molar refractivity (Wildman–Crippen MR) is 126 cm³/mol. The lowest BCUT2D eigenvalue weighted by atomic mass is 9.63. The van der Waals surface area contributed by atoms with Crippen LogP contribution < -0.4 is 4.74 Å². The van der Waals surface area contributed by atoms with Gasteiger partial charge in [-0.3, -0.25) is 0 Å². The van der Waals surface area contributed by atoms with Gasteiger partial charge in [0, 0.05) is 13.1 Å². The summed E-state index contributed by atoms with van der Waals surface area (Å²) >= 11 is 0. The number of carbonyl (C=O) groups is 1. The van der Waals surface area contributed by atoms with Crippen molar-refractivity contribution in [3.63, 3.8) is 0 Å². The smallest absolute Gasteiger partial charge is 0.410 e. The molecule has 3 saturated heterocycles. The number of fused-ring (bicyclic) bond motifs is 1. The van der Waals surface area contributed by atoms with Crippen molar-refractivity contribution in [3.05, 3.63) is 29.8 Å². The van der Waals surface area contributed by atoms with Crippen LogP contribution in [0.1, 0.15) is 95.0 Å². The number of carbonyl (C=O) groups excluding carboxylic acids is 1. The minimum absolute atomic E-state index is 0.133. The molecule has 0 aromatic heterocycles. The average molecular weight is 454 g/mol. The summed E-state index contributed by atoms with van der Waals surface area (Å²) in [6.07, 6.45) is 15.7. The van der Waals surface area contributed by atoms with E-state index in [4.69, 9.17) is 14.5 Å². The first-order valence-corrected chi connectivity index (χ1v) is 13.6. The number of rotatable bonds is 2. The fraction of sp³-hybridized carbons (Fsp3) is 0.750. The Labute approximate surface area is 198 Å². The highest BCUT2D eigenvalue weighted by Gasteiger charge is 2.47. The largest absolute Gasteiger partial charge is 0.415 e. The number of hydrogen-bond donors (Lipinski definition) is 0. The third-order valence-corrected chi connectivity index (χ3v) is 9.19. The Morgan fingerprint density at radius 2 is 1.61 bits per heavy atom. The van der Waals surface area contributed by atoms with E-state index in [-0.39, 0.29) is 11.7 Å². The average Bonchev–Trinajstić information content (AvgIpc) is 2.90. The van der Waals surface area contributed by atoms with Gasteiger partial charge >= 0.3 is 6.09 Å². The van der Waals surface area contributed by atoms with Crippen molar-refractivity contribution in [3.8, 4) is 5.75 Å². The standard InChI is InChI=1S/C28H39NO4/c30-27(29-11-2-1-3-12-29)31-25-8-6-23(7-9-25)24-5-4-10-28(19-24)18-22-14-20-13-21(15-22)17-26(16-20)32-33-28/h6-9,20-22,24,26H,1-5,10-19H2/t20?,21?,22?,24-,26?,28+/m1/s1. The predicted octanol–water partition coefficient (Wildman–Crippen LogP) is 6.61. The second-order valence-corrected chi connectivity index (χ2v) is 11.7. The molecule has 1 aromatic rings. The van der Waals surface area contributed by atoms with Crippen LogP contribution >= 0.6 is 0 Å². The van der Waals surface area contributed by atoms with Crippen molar-refractivity contribution in [2.45, 2.75) is 101 Å². The molecule has 3 aliphatic heterocycles. The highest BCUT2D eigenvalue weighted by atomic mass is 17.2. The summed E-state index contributed by atoms with van der Waals surface area (Å²) in [6.45, 7) is 1.62. The van der Waals surface area contributed by atoms with Gasteiger partial charge in [0.2, 0.25) is 0 Å². The molecule has 6 fully saturated rings. The summed E-state index contributed by atoms with van der Waals surface area (Å²) in [5.74, 6) is 3.63. The van der Waals surface area contributed by atoms with Gasteiger partial charge in [-0.05, 0) is 125 Å². The van der Waals surface area contributed by atoms with E-state index in [2.05, 4.69) is 12.1 Å². The SMILES string of the molecule is O=C(Oc1ccc([C@@H]2CCC[C@]3(CC4CC5CC(C4)CC(C5)OO3)C2)cc1)N1CCCCC1. The van der Waals surface area contributed by atoms with Gasteiger partial charge < -0.3 is 9.64 Å². The number of likely N-dealkylation sites (tertiary alicyclic amines) is 1. The van der Waals surface area contributed by atoms with Crippen molar-refractivity contribution in [2.24, 2.45) is 17.8 Å². The Morgan fingerprint density at radius 1 is 0.879 bits per heavy atom. The lowest BCUT2D eigenvalue weighted by Crippen LogP contribution is -2.40. The molecule has 3 aliphatic carbocycles. The Bertz CT molecular complexity index is 821. The second kappa shape index (κ2) is 9.22. The van der Waals surface area contributed by atoms with Gasteiger partial charge in [-0.15, -0.1) is 0 Å². The second-order valence-electron chi connectivity index (χ2n) is 11.7. The summed E-state index contributed by atoms with van der Waals surface area (Å²) in [6, 6.07) is 8.26. The van der Waals surface area contributed by atoms with Crippen molar-refractivity contribution >= 4 is 6.09 Å². The van der Waals surface area contributed by atoms with Crippen molar-refractivity contribution in [2.75, 3.05) is 13.1 Å². The summed E-state index contributed by atoms with van der Waals surface area (Å²) in [5, 5.41) is 0. The van der Waals surface area contributed by atoms with Crippen LogP contribution in [0.5, 0.6) is 5.75 Å². The fourth-order valence-corrected chi connectivity index (χ4v) is 7.82. The molecule has 3 heterocycles. The fourth-order valence-electron chi connectivity index (χ4n) is 7.82. The number of nitrogens with zero attached hydrogens (tertiary/aromatic N) is 1. The first kappa shape index (κ1) is 21.9. The summed E-state index contributed by atoms with van der Waals surface area (Å²) in [5.41, 5.74) is 1.20. The van der Waals surface area contributed by atoms with Crippen molar-refractivity contribution in [1.29, 1.82) is 0 Å². The topological polar surface area (TPSA) is 48.0 Å². The Balaban J connectivity index is 1.12. The van der Waals surface area contributed by atoms with Crippen LogP contribution in [0.3, 0.4) is 0 Å². The third kappa shape index (κ3) is 4.81. The zero-order valence-corrected chi connectivity index (χ0v) is 19.9. The van der Waals surface area contributed by atoms with Crippen LogP contribution in [-0.2, 0) is 9.78 Å². The van der Waals surface area contributed by atoms with E-state index in [1.807, 2.05) is 17.0 Å². The number of piperidine rings is 1. The summed E-state index contributed by atoms with van der Waals surface area (Å²) in [7, 11) is 0. The Morgan fingerprint density at radius 3 is 2.36 bits per heavy atom. The molecule has 180 valence electrons. The van der Waals surface area contributed by atoms with Gasteiger partial charge in [0.15, 0.2) is 0 Å². The van der Waals surface area contributed by atoms with Crippen LogP contribution in [0.4, 0.5) is 4.79 Å². The number of hydrogen-bond acceptors (Lipinski definition) is 4. The first-order valence-electron chi connectivity index (χ1n) is 13.6. The van der Waals surface area contributed by atoms with Gasteiger partial charge in [-0.1, -0.05) is 12.1 Å². The summed E-state index contributed by atoms with van der Waals surface area (Å²) in [4.78, 5) is 26.8. The number of benzene rings is 1. The lowest BCUT2D eigenvalue weighted by molar-refractivity contribution is -0.394. The molecule has 0 radical (unpaired) electrons. The molecule has 4 bridgehead atoms. The molecule has 5 heteroatoms. The molecule has 4 atom stereocenters. The maximum Gasteiger partial charge on any atom is 0.415 e. The minimum Gasteiger partial charge on any atom is -0.410 e. The molecule has 3 saturated carbocycles. The monoisotopic (exact) mass is 453 g/mol. The van der Waals surface area contributed by atoms with E-state index in [1.165, 1.54) is 56.9 Å². The van der Waals surface area contributed by atoms with Crippen LogP contribution in [0.25, 0.3) is 0 Å². The molecule has 7 rings (SSSR count). The normalized spacial score (nSPS) is 38.5. The Hall–Kier alpha value is -1.59. The zero-order chi connectivity index (χ0) is 22.3. The number of ether oxygens (including phenoxy) is 1.